The topological polar surface area (TPSA) is 58.2 Å². The normalized spacial score (nSPS) is 17.8. The molecule has 0 aliphatic carbocycles. The Morgan fingerprint density at radius 2 is 1.83 bits per heavy atom. The van der Waals surface area contributed by atoms with Crippen LogP contribution in [-0.4, -0.2) is 33.8 Å². The molecule has 1 saturated heterocycles. The molecule has 4 nitrogen and oxygen atoms in total. The van der Waals surface area contributed by atoms with Gasteiger partial charge in [0.15, 0.2) is 9.84 Å². The largest absolute Gasteiger partial charge is 0.317 e. The molecule has 1 aliphatic rings. The molecule has 2 N–H and O–H groups in total. The van der Waals surface area contributed by atoms with Crippen molar-refractivity contribution in [3.8, 4) is 0 Å². The van der Waals surface area contributed by atoms with Crippen LogP contribution in [0.5, 0.6) is 0 Å². The summed E-state index contributed by atoms with van der Waals surface area (Å²) in [7, 11) is -3.08. The van der Waals surface area contributed by atoms with Crippen molar-refractivity contribution in [1.29, 1.82) is 0 Å². The zero-order chi connectivity index (χ0) is 13.0. The monoisotopic (exact) mass is 268 g/mol. The average molecular weight is 268 g/mol. The summed E-state index contributed by atoms with van der Waals surface area (Å²) in [5, 5.41) is 6.84. The first-order valence-electron chi connectivity index (χ1n) is 6.29. The molecule has 0 amide bonds. The second-order valence-corrected chi connectivity index (χ2v) is 6.84. The number of nitrogens with one attached hydrogen (secondary N) is 2. The van der Waals surface area contributed by atoms with Crippen LogP contribution in [0.25, 0.3) is 0 Å². The Hall–Kier alpha value is -0.910. The van der Waals surface area contributed by atoms with Crippen LogP contribution in [0.2, 0.25) is 0 Å². The minimum absolute atomic E-state index is 0.383. The van der Waals surface area contributed by atoms with E-state index in [9.17, 15) is 8.42 Å². The van der Waals surface area contributed by atoms with E-state index in [1.54, 1.807) is 12.1 Å². The Kier molecular flexibility index (Phi) is 4.37. The zero-order valence-electron chi connectivity index (χ0n) is 10.6. The minimum Gasteiger partial charge on any atom is -0.317 e. The highest BCUT2D eigenvalue weighted by molar-refractivity contribution is 7.90. The fourth-order valence-corrected chi connectivity index (χ4v) is 2.77. The predicted molar refractivity (Wildman–Crippen MR) is 72.3 cm³/mol. The summed E-state index contributed by atoms with van der Waals surface area (Å²) in [6.45, 7) is 2.95. The van der Waals surface area contributed by atoms with Gasteiger partial charge in [0.25, 0.3) is 0 Å². The molecule has 1 aliphatic heterocycles. The van der Waals surface area contributed by atoms with Crippen molar-refractivity contribution in [2.45, 2.75) is 30.3 Å². The molecule has 0 atom stereocenters. The summed E-state index contributed by atoms with van der Waals surface area (Å²) >= 11 is 0. The summed E-state index contributed by atoms with van der Waals surface area (Å²) in [4.78, 5) is 0.383. The minimum atomic E-state index is -3.08. The van der Waals surface area contributed by atoms with E-state index in [-0.39, 0.29) is 0 Å². The molecule has 0 unspecified atom stereocenters. The van der Waals surface area contributed by atoms with Crippen LogP contribution in [-0.2, 0) is 16.4 Å². The lowest BCUT2D eigenvalue weighted by molar-refractivity contribution is 0.386. The van der Waals surface area contributed by atoms with Gasteiger partial charge in [0.05, 0.1) is 4.90 Å². The van der Waals surface area contributed by atoms with Crippen LogP contribution in [0.3, 0.4) is 0 Å². The van der Waals surface area contributed by atoms with E-state index in [2.05, 4.69) is 10.6 Å². The lowest BCUT2D eigenvalue weighted by Gasteiger charge is -2.23. The quantitative estimate of drug-likeness (QED) is 0.853. The molecular weight excluding hydrogens is 248 g/mol. The van der Waals surface area contributed by atoms with E-state index in [0.717, 1.165) is 38.0 Å². The summed E-state index contributed by atoms with van der Waals surface area (Å²) in [5.41, 5.74) is 1.13. The highest BCUT2D eigenvalue weighted by Crippen LogP contribution is 2.11. The number of rotatable bonds is 4. The van der Waals surface area contributed by atoms with Crippen molar-refractivity contribution >= 4 is 9.84 Å². The van der Waals surface area contributed by atoms with Crippen LogP contribution < -0.4 is 10.6 Å². The highest BCUT2D eigenvalue weighted by Gasteiger charge is 2.12. The number of hydrogen-bond donors (Lipinski definition) is 2. The molecule has 0 aromatic heterocycles. The van der Waals surface area contributed by atoms with Gasteiger partial charge in [-0.2, -0.15) is 0 Å². The first kappa shape index (κ1) is 13.5. The number of hydrogen-bond acceptors (Lipinski definition) is 4. The van der Waals surface area contributed by atoms with Gasteiger partial charge in [0.2, 0.25) is 0 Å². The molecule has 1 heterocycles. The van der Waals surface area contributed by atoms with Crippen LogP contribution >= 0.6 is 0 Å². The second-order valence-electron chi connectivity index (χ2n) is 4.82. The van der Waals surface area contributed by atoms with Crippen molar-refractivity contribution in [1.82, 2.24) is 10.6 Å². The zero-order valence-corrected chi connectivity index (χ0v) is 11.5. The molecule has 18 heavy (non-hydrogen) atoms. The van der Waals surface area contributed by atoms with Gasteiger partial charge in [-0.3, -0.25) is 0 Å². The summed E-state index contributed by atoms with van der Waals surface area (Å²) in [6.07, 6.45) is 3.54. The first-order chi connectivity index (χ1) is 8.55. The van der Waals surface area contributed by atoms with Gasteiger partial charge in [-0.05, 0) is 43.6 Å². The van der Waals surface area contributed by atoms with Crippen molar-refractivity contribution in [3.05, 3.63) is 29.8 Å². The Morgan fingerprint density at radius 1 is 1.22 bits per heavy atom. The van der Waals surface area contributed by atoms with Crippen molar-refractivity contribution in [2.75, 3.05) is 19.3 Å². The molecule has 0 spiro atoms. The summed E-state index contributed by atoms with van der Waals surface area (Å²) < 4.78 is 22.7. The molecular formula is C13H20N2O2S. The van der Waals surface area contributed by atoms with E-state index in [4.69, 9.17) is 0 Å². The van der Waals surface area contributed by atoms with E-state index >= 15 is 0 Å². The van der Waals surface area contributed by atoms with Gasteiger partial charge in [-0.15, -0.1) is 0 Å². The molecule has 0 bridgehead atoms. The average Bonchev–Trinajstić information content (AvgIpc) is 2.37. The van der Waals surface area contributed by atoms with E-state index in [1.165, 1.54) is 6.26 Å². The molecule has 1 aromatic rings. The lowest BCUT2D eigenvalue weighted by atomic mass is 10.1. The predicted octanol–water partition coefficient (Wildman–Crippen LogP) is 0.932. The third-order valence-electron chi connectivity index (χ3n) is 3.29. The Labute approximate surface area is 109 Å². The van der Waals surface area contributed by atoms with Crippen LogP contribution in [0.1, 0.15) is 18.4 Å². The van der Waals surface area contributed by atoms with E-state index in [1.807, 2.05) is 12.1 Å². The molecule has 0 saturated carbocycles. The van der Waals surface area contributed by atoms with Gasteiger partial charge in [-0.25, -0.2) is 8.42 Å². The molecule has 1 aromatic carbocycles. The van der Waals surface area contributed by atoms with Gasteiger partial charge in [0.1, 0.15) is 0 Å². The smallest absolute Gasteiger partial charge is 0.175 e. The molecule has 5 heteroatoms. The Bertz CT molecular complexity index is 476. The summed E-state index contributed by atoms with van der Waals surface area (Å²) in [6, 6.07) is 7.68. The fourth-order valence-electron chi connectivity index (χ4n) is 2.14. The lowest BCUT2D eigenvalue weighted by Crippen LogP contribution is -2.39. The van der Waals surface area contributed by atoms with Crippen LogP contribution in [0, 0.1) is 0 Å². The van der Waals surface area contributed by atoms with Crippen molar-refractivity contribution in [2.24, 2.45) is 0 Å². The standard InChI is InChI=1S/C13H20N2O2S/c1-18(16,17)13-4-2-11(3-5-13)10-15-12-6-8-14-9-7-12/h2-5,12,14-15H,6-10H2,1H3. The number of piperidine rings is 1. The van der Waals surface area contributed by atoms with Crippen LogP contribution in [0.15, 0.2) is 29.2 Å². The molecule has 100 valence electrons. The van der Waals surface area contributed by atoms with Gasteiger partial charge < -0.3 is 10.6 Å². The summed E-state index contributed by atoms with van der Waals surface area (Å²) in [5.74, 6) is 0. The maximum atomic E-state index is 11.3. The first-order valence-corrected chi connectivity index (χ1v) is 8.18. The highest BCUT2D eigenvalue weighted by atomic mass is 32.2. The molecule has 1 fully saturated rings. The molecule has 0 radical (unpaired) electrons. The van der Waals surface area contributed by atoms with Gasteiger partial charge in [-0.1, -0.05) is 12.1 Å². The van der Waals surface area contributed by atoms with E-state index in [0.29, 0.717) is 10.9 Å². The van der Waals surface area contributed by atoms with E-state index < -0.39 is 9.84 Å². The fraction of sp³-hybridized carbons (Fsp3) is 0.538. The van der Waals surface area contributed by atoms with Crippen molar-refractivity contribution in [3.63, 3.8) is 0 Å². The number of sulfone groups is 1. The third kappa shape index (κ3) is 3.80. The van der Waals surface area contributed by atoms with Crippen LogP contribution in [0.4, 0.5) is 0 Å². The Morgan fingerprint density at radius 3 is 2.39 bits per heavy atom. The third-order valence-corrected chi connectivity index (χ3v) is 4.41. The van der Waals surface area contributed by atoms with Gasteiger partial charge >= 0.3 is 0 Å². The number of benzene rings is 1. The van der Waals surface area contributed by atoms with Crippen molar-refractivity contribution < 1.29 is 8.42 Å². The Balaban J connectivity index is 1.90. The van der Waals surface area contributed by atoms with Gasteiger partial charge in [0, 0.05) is 18.8 Å². The SMILES string of the molecule is CS(=O)(=O)c1ccc(CNC2CCNCC2)cc1. The second kappa shape index (κ2) is 5.82. The maximum absolute atomic E-state index is 11.3. The maximum Gasteiger partial charge on any atom is 0.175 e. The molecule has 2 rings (SSSR count).